The Hall–Kier alpha value is -3.85. The molecule has 0 aromatic heterocycles. The van der Waals surface area contributed by atoms with Crippen LogP contribution in [0, 0.1) is 13.8 Å². The number of aryl methyl sites for hydroxylation is 2. The van der Waals surface area contributed by atoms with E-state index in [2.05, 4.69) is 5.32 Å². The molecule has 1 atom stereocenters. The van der Waals surface area contributed by atoms with E-state index in [-0.39, 0.29) is 17.3 Å². The van der Waals surface area contributed by atoms with Gasteiger partial charge in [0.2, 0.25) is 11.8 Å². The maximum atomic E-state index is 13.8. The predicted octanol–water partition coefficient (Wildman–Crippen LogP) is 3.67. The smallest absolute Gasteiger partial charge is 0.264 e. The topological polar surface area (TPSA) is 96.0 Å². The van der Waals surface area contributed by atoms with Gasteiger partial charge in [0.05, 0.1) is 17.7 Å². The van der Waals surface area contributed by atoms with Gasteiger partial charge in [0.1, 0.15) is 18.3 Å². The molecule has 0 spiro atoms. The number of sulfonamides is 1. The van der Waals surface area contributed by atoms with E-state index in [1.54, 1.807) is 63.4 Å². The first-order chi connectivity index (χ1) is 17.6. The third-order valence-corrected chi connectivity index (χ3v) is 7.92. The summed E-state index contributed by atoms with van der Waals surface area (Å²) in [4.78, 5) is 27.9. The lowest BCUT2D eigenvalue weighted by Crippen LogP contribution is -2.50. The highest BCUT2D eigenvalue weighted by Crippen LogP contribution is 2.28. The lowest BCUT2D eigenvalue weighted by atomic mass is 10.1. The molecule has 1 unspecified atom stereocenters. The van der Waals surface area contributed by atoms with Crippen molar-refractivity contribution in [3.63, 3.8) is 0 Å². The Bertz CT molecular complexity index is 1360. The van der Waals surface area contributed by atoms with Crippen molar-refractivity contribution in [2.75, 3.05) is 25.0 Å². The summed E-state index contributed by atoms with van der Waals surface area (Å²) in [5, 5.41) is 2.58. The molecule has 0 fully saturated rings. The van der Waals surface area contributed by atoms with Crippen LogP contribution in [0.25, 0.3) is 0 Å². The molecule has 196 valence electrons. The van der Waals surface area contributed by atoms with E-state index in [1.165, 1.54) is 24.1 Å². The Balaban J connectivity index is 2.07. The largest absolute Gasteiger partial charge is 0.497 e. The Morgan fingerprint density at radius 3 is 2.32 bits per heavy atom. The molecule has 1 N–H and O–H groups in total. The first-order valence-electron chi connectivity index (χ1n) is 11.9. The third kappa shape index (κ3) is 6.48. The van der Waals surface area contributed by atoms with E-state index in [0.717, 1.165) is 15.4 Å². The molecule has 2 amide bonds. The van der Waals surface area contributed by atoms with Crippen molar-refractivity contribution < 1.29 is 22.7 Å². The highest BCUT2D eigenvalue weighted by Gasteiger charge is 2.33. The van der Waals surface area contributed by atoms with Crippen LogP contribution in [0.2, 0.25) is 0 Å². The van der Waals surface area contributed by atoms with Crippen LogP contribution in [0.5, 0.6) is 5.75 Å². The minimum atomic E-state index is -4.09. The Labute approximate surface area is 218 Å². The monoisotopic (exact) mass is 523 g/mol. The van der Waals surface area contributed by atoms with Crippen LogP contribution in [-0.2, 0) is 26.2 Å². The predicted molar refractivity (Wildman–Crippen MR) is 144 cm³/mol. The van der Waals surface area contributed by atoms with E-state index < -0.39 is 28.5 Å². The van der Waals surface area contributed by atoms with Gasteiger partial charge in [-0.05, 0) is 67.8 Å². The van der Waals surface area contributed by atoms with Gasteiger partial charge >= 0.3 is 0 Å². The molecule has 3 aromatic carbocycles. The lowest BCUT2D eigenvalue weighted by Gasteiger charge is -2.32. The molecule has 37 heavy (non-hydrogen) atoms. The molecule has 0 saturated carbocycles. The molecule has 0 aliphatic carbocycles. The average Bonchev–Trinajstić information content (AvgIpc) is 2.91. The summed E-state index contributed by atoms with van der Waals surface area (Å²) in [6.07, 6.45) is 0. The number of amides is 2. The normalized spacial score (nSPS) is 11.9. The summed E-state index contributed by atoms with van der Waals surface area (Å²) in [7, 11) is -1.05. The zero-order valence-electron chi connectivity index (χ0n) is 21.8. The van der Waals surface area contributed by atoms with Crippen molar-refractivity contribution in [1.82, 2.24) is 10.2 Å². The number of nitrogens with zero attached hydrogens (tertiary/aromatic N) is 2. The van der Waals surface area contributed by atoms with Crippen LogP contribution in [-0.4, -0.2) is 51.9 Å². The number of hydrogen-bond donors (Lipinski definition) is 1. The fourth-order valence-corrected chi connectivity index (χ4v) is 5.47. The number of rotatable bonds is 10. The summed E-state index contributed by atoms with van der Waals surface area (Å²) < 4.78 is 34.1. The summed E-state index contributed by atoms with van der Waals surface area (Å²) in [5.41, 5.74) is 2.71. The van der Waals surface area contributed by atoms with E-state index in [0.29, 0.717) is 17.0 Å². The number of likely N-dealkylation sites (N-methyl/N-ethyl adjacent to an activating group) is 1. The molecule has 0 aliphatic heterocycles. The number of methoxy groups -OCH3 is 1. The SMILES string of the molecule is CNC(=O)C(C)N(Cc1cccc(OC)c1)C(=O)CN(c1cc(C)ccc1C)S(=O)(=O)c1ccccc1. The first-order valence-corrected chi connectivity index (χ1v) is 13.3. The molecule has 0 bridgehead atoms. The quantitative estimate of drug-likeness (QED) is 0.438. The second-order valence-electron chi connectivity index (χ2n) is 8.78. The van der Waals surface area contributed by atoms with Gasteiger partial charge in [0.15, 0.2) is 0 Å². The zero-order chi connectivity index (χ0) is 27.2. The first kappa shape index (κ1) is 27.7. The van der Waals surface area contributed by atoms with Crippen molar-refractivity contribution in [3.8, 4) is 5.75 Å². The molecule has 0 heterocycles. The number of ether oxygens (including phenoxy) is 1. The molecule has 0 saturated heterocycles. The fourth-order valence-electron chi connectivity index (χ4n) is 3.98. The number of carbonyl (C=O) groups is 2. The average molecular weight is 524 g/mol. The van der Waals surface area contributed by atoms with E-state index in [9.17, 15) is 18.0 Å². The van der Waals surface area contributed by atoms with Gasteiger partial charge in [-0.2, -0.15) is 0 Å². The number of hydrogen-bond acceptors (Lipinski definition) is 5. The van der Waals surface area contributed by atoms with Crippen LogP contribution in [0.4, 0.5) is 5.69 Å². The Morgan fingerprint density at radius 1 is 0.973 bits per heavy atom. The van der Waals surface area contributed by atoms with Gasteiger partial charge in [0, 0.05) is 13.6 Å². The zero-order valence-corrected chi connectivity index (χ0v) is 22.6. The molecule has 0 radical (unpaired) electrons. The number of anilines is 1. The maximum absolute atomic E-state index is 13.8. The van der Waals surface area contributed by atoms with Gasteiger partial charge in [-0.3, -0.25) is 13.9 Å². The molecule has 3 aromatic rings. The third-order valence-electron chi connectivity index (χ3n) is 6.14. The minimum Gasteiger partial charge on any atom is -0.497 e. The Morgan fingerprint density at radius 2 is 1.68 bits per heavy atom. The van der Waals surface area contributed by atoms with E-state index in [4.69, 9.17) is 4.74 Å². The number of benzene rings is 3. The van der Waals surface area contributed by atoms with Gasteiger partial charge in [-0.15, -0.1) is 0 Å². The van der Waals surface area contributed by atoms with Crippen molar-refractivity contribution in [1.29, 1.82) is 0 Å². The second kappa shape index (κ2) is 11.9. The van der Waals surface area contributed by atoms with Crippen LogP contribution in [0.1, 0.15) is 23.6 Å². The summed E-state index contributed by atoms with van der Waals surface area (Å²) in [6.45, 7) is 4.89. The summed E-state index contributed by atoms with van der Waals surface area (Å²) in [6, 6.07) is 19.8. The molecular weight excluding hydrogens is 490 g/mol. The lowest BCUT2D eigenvalue weighted by molar-refractivity contribution is -0.139. The van der Waals surface area contributed by atoms with Crippen molar-refractivity contribution >= 4 is 27.5 Å². The van der Waals surface area contributed by atoms with Crippen molar-refractivity contribution in [3.05, 3.63) is 89.5 Å². The van der Waals surface area contributed by atoms with Crippen LogP contribution in [0.15, 0.2) is 77.7 Å². The van der Waals surface area contributed by atoms with Gasteiger partial charge < -0.3 is 15.0 Å². The molecule has 0 aliphatic rings. The van der Waals surface area contributed by atoms with Crippen LogP contribution >= 0.6 is 0 Å². The highest BCUT2D eigenvalue weighted by molar-refractivity contribution is 7.92. The second-order valence-corrected chi connectivity index (χ2v) is 10.6. The molecule has 9 heteroatoms. The van der Waals surface area contributed by atoms with Gasteiger partial charge in [0.25, 0.3) is 10.0 Å². The standard InChI is InChI=1S/C28H33N3O5S/c1-20-14-15-21(2)26(16-20)31(37(34,35)25-12-7-6-8-13-25)19-27(32)30(22(3)28(33)29-4)18-23-10-9-11-24(17-23)36-5/h6-17,22H,18-19H2,1-5H3,(H,29,33). The van der Waals surface area contributed by atoms with Crippen molar-refractivity contribution in [2.24, 2.45) is 0 Å². The van der Waals surface area contributed by atoms with E-state index in [1.807, 2.05) is 25.1 Å². The summed E-state index contributed by atoms with van der Waals surface area (Å²) >= 11 is 0. The van der Waals surface area contributed by atoms with Crippen LogP contribution < -0.4 is 14.4 Å². The highest BCUT2D eigenvalue weighted by atomic mass is 32.2. The minimum absolute atomic E-state index is 0.0717. The fraction of sp³-hybridized carbons (Fsp3) is 0.286. The number of carbonyl (C=O) groups excluding carboxylic acids is 2. The van der Waals surface area contributed by atoms with Crippen molar-refractivity contribution in [2.45, 2.75) is 38.3 Å². The van der Waals surface area contributed by atoms with Crippen LogP contribution in [0.3, 0.4) is 0 Å². The maximum Gasteiger partial charge on any atom is 0.264 e. The summed E-state index contributed by atoms with van der Waals surface area (Å²) in [5.74, 6) is -0.263. The Kier molecular flexibility index (Phi) is 8.94. The number of nitrogens with one attached hydrogen (secondary N) is 1. The van der Waals surface area contributed by atoms with Gasteiger partial charge in [-0.25, -0.2) is 8.42 Å². The van der Waals surface area contributed by atoms with Gasteiger partial charge in [-0.1, -0.05) is 42.5 Å². The molecular formula is C28H33N3O5S. The molecule has 3 rings (SSSR count). The van der Waals surface area contributed by atoms with E-state index >= 15 is 0 Å². The molecule has 8 nitrogen and oxygen atoms in total.